The maximum absolute atomic E-state index is 11.1. The van der Waals surface area contributed by atoms with Gasteiger partial charge in [0.2, 0.25) is 5.82 Å². The summed E-state index contributed by atoms with van der Waals surface area (Å²) in [5, 5.41) is 11.1. The van der Waals surface area contributed by atoms with E-state index in [1.807, 2.05) is 25.7 Å². The SMILES string of the molecule is CC1CN(c2ncc(Br)cc2[N+](=O)[O-])CC(C)(C)O1. The summed E-state index contributed by atoms with van der Waals surface area (Å²) < 4.78 is 6.40. The fraction of sp³-hybridized carbons (Fsp3) is 0.583. The summed E-state index contributed by atoms with van der Waals surface area (Å²) in [6, 6.07) is 1.48. The summed E-state index contributed by atoms with van der Waals surface area (Å²) in [5.74, 6) is 0.399. The second kappa shape index (κ2) is 5.05. The van der Waals surface area contributed by atoms with Crippen molar-refractivity contribution < 1.29 is 9.66 Å². The van der Waals surface area contributed by atoms with Crippen LogP contribution in [0.5, 0.6) is 0 Å². The molecule has 0 bridgehead atoms. The summed E-state index contributed by atoms with van der Waals surface area (Å²) >= 11 is 3.21. The van der Waals surface area contributed by atoms with Gasteiger partial charge in [0.1, 0.15) is 0 Å². The molecule has 2 rings (SSSR count). The second-order valence-corrected chi connectivity index (χ2v) is 6.24. The summed E-state index contributed by atoms with van der Waals surface area (Å²) in [6.45, 7) is 7.07. The molecule has 1 aliphatic heterocycles. The third-order valence-electron chi connectivity index (χ3n) is 2.88. The average molecular weight is 330 g/mol. The van der Waals surface area contributed by atoms with Crippen molar-refractivity contribution in [2.24, 2.45) is 0 Å². The Morgan fingerprint density at radius 1 is 1.63 bits per heavy atom. The molecule has 19 heavy (non-hydrogen) atoms. The van der Waals surface area contributed by atoms with Gasteiger partial charge in [-0.1, -0.05) is 0 Å². The smallest absolute Gasteiger partial charge is 0.312 e. The lowest BCUT2D eigenvalue weighted by Gasteiger charge is -2.42. The molecule has 0 aliphatic carbocycles. The Hall–Kier alpha value is -1.21. The van der Waals surface area contributed by atoms with Gasteiger partial charge in [-0.3, -0.25) is 10.1 Å². The van der Waals surface area contributed by atoms with E-state index in [9.17, 15) is 10.1 Å². The number of pyridine rings is 1. The predicted molar refractivity (Wildman–Crippen MR) is 75.4 cm³/mol. The predicted octanol–water partition coefficient (Wildman–Crippen LogP) is 2.76. The van der Waals surface area contributed by atoms with Gasteiger partial charge in [-0.15, -0.1) is 0 Å². The number of hydrogen-bond donors (Lipinski definition) is 0. The van der Waals surface area contributed by atoms with E-state index >= 15 is 0 Å². The first-order valence-corrected chi connectivity index (χ1v) is 6.80. The van der Waals surface area contributed by atoms with E-state index in [0.717, 1.165) is 0 Å². The van der Waals surface area contributed by atoms with Crippen LogP contribution < -0.4 is 4.90 Å². The van der Waals surface area contributed by atoms with Gasteiger partial charge in [-0.2, -0.15) is 0 Å². The molecule has 2 heterocycles. The Bertz CT molecular complexity index is 507. The van der Waals surface area contributed by atoms with Crippen molar-refractivity contribution in [1.82, 2.24) is 4.98 Å². The minimum atomic E-state index is -0.403. The molecule has 1 saturated heterocycles. The van der Waals surface area contributed by atoms with Gasteiger partial charge >= 0.3 is 5.69 Å². The number of morpholine rings is 1. The minimum absolute atomic E-state index is 0.00815. The van der Waals surface area contributed by atoms with Crippen LogP contribution in [0.3, 0.4) is 0 Å². The molecule has 0 spiro atoms. The Morgan fingerprint density at radius 3 is 2.89 bits per heavy atom. The Balaban J connectivity index is 2.38. The van der Waals surface area contributed by atoms with Crippen LogP contribution in [0.1, 0.15) is 20.8 Å². The largest absolute Gasteiger partial charge is 0.369 e. The normalized spacial score (nSPS) is 22.3. The second-order valence-electron chi connectivity index (χ2n) is 5.32. The van der Waals surface area contributed by atoms with Gasteiger partial charge in [0.15, 0.2) is 0 Å². The molecular formula is C12H16BrN3O3. The number of hydrogen-bond acceptors (Lipinski definition) is 5. The molecule has 1 fully saturated rings. The number of nitro groups is 1. The molecule has 0 N–H and O–H groups in total. The van der Waals surface area contributed by atoms with Gasteiger partial charge in [0, 0.05) is 29.8 Å². The van der Waals surface area contributed by atoms with Crippen LogP contribution in [-0.4, -0.2) is 34.7 Å². The Kier molecular flexibility index (Phi) is 3.78. The van der Waals surface area contributed by atoms with E-state index < -0.39 is 4.92 Å². The lowest BCUT2D eigenvalue weighted by Crippen LogP contribution is -2.52. The van der Waals surface area contributed by atoms with E-state index in [0.29, 0.717) is 23.4 Å². The lowest BCUT2D eigenvalue weighted by atomic mass is 10.1. The number of ether oxygens (including phenoxy) is 1. The van der Waals surface area contributed by atoms with Crippen molar-refractivity contribution in [1.29, 1.82) is 0 Å². The van der Waals surface area contributed by atoms with Crippen molar-refractivity contribution in [3.05, 3.63) is 26.9 Å². The van der Waals surface area contributed by atoms with Crippen LogP contribution in [0, 0.1) is 10.1 Å². The first-order valence-electron chi connectivity index (χ1n) is 6.01. The molecule has 104 valence electrons. The molecule has 0 amide bonds. The maximum atomic E-state index is 11.1. The van der Waals surface area contributed by atoms with Crippen molar-refractivity contribution in [3.8, 4) is 0 Å². The first-order chi connectivity index (χ1) is 8.78. The van der Waals surface area contributed by atoms with Crippen LogP contribution in [-0.2, 0) is 4.74 Å². The highest BCUT2D eigenvalue weighted by atomic mass is 79.9. The molecule has 0 radical (unpaired) electrons. The Labute approximate surface area is 120 Å². The van der Waals surface area contributed by atoms with Gasteiger partial charge in [-0.25, -0.2) is 4.98 Å². The highest BCUT2D eigenvalue weighted by Crippen LogP contribution is 2.32. The molecule has 1 aliphatic rings. The zero-order valence-corrected chi connectivity index (χ0v) is 12.7. The molecule has 1 aromatic heterocycles. The molecular weight excluding hydrogens is 314 g/mol. The highest BCUT2D eigenvalue weighted by molar-refractivity contribution is 9.10. The fourth-order valence-corrected chi connectivity index (χ4v) is 2.73. The monoisotopic (exact) mass is 329 g/mol. The van der Waals surface area contributed by atoms with E-state index in [2.05, 4.69) is 20.9 Å². The van der Waals surface area contributed by atoms with Crippen molar-refractivity contribution in [3.63, 3.8) is 0 Å². The summed E-state index contributed by atoms with van der Waals surface area (Å²) in [4.78, 5) is 16.9. The van der Waals surface area contributed by atoms with E-state index in [1.165, 1.54) is 6.07 Å². The van der Waals surface area contributed by atoms with Crippen molar-refractivity contribution in [2.75, 3.05) is 18.0 Å². The molecule has 1 unspecified atom stereocenters. The van der Waals surface area contributed by atoms with Crippen LogP contribution in [0.4, 0.5) is 11.5 Å². The van der Waals surface area contributed by atoms with E-state index in [4.69, 9.17) is 4.74 Å². The lowest BCUT2D eigenvalue weighted by molar-refractivity contribution is -0.384. The quantitative estimate of drug-likeness (QED) is 0.616. The number of aromatic nitrogens is 1. The molecule has 0 saturated carbocycles. The van der Waals surface area contributed by atoms with Crippen LogP contribution >= 0.6 is 15.9 Å². The number of rotatable bonds is 2. The zero-order chi connectivity index (χ0) is 14.2. The minimum Gasteiger partial charge on any atom is -0.369 e. The summed E-state index contributed by atoms with van der Waals surface area (Å²) in [5.41, 5.74) is -0.334. The highest BCUT2D eigenvalue weighted by Gasteiger charge is 2.34. The van der Waals surface area contributed by atoms with Gasteiger partial charge in [0.25, 0.3) is 0 Å². The first kappa shape index (κ1) is 14.2. The average Bonchev–Trinajstić information content (AvgIpc) is 2.25. The van der Waals surface area contributed by atoms with E-state index in [-0.39, 0.29) is 17.4 Å². The van der Waals surface area contributed by atoms with Crippen LogP contribution in [0.25, 0.3) is 0 Å². The van der Waals surface area contributed by atoms with Crippen LogP contribution in [0.15, 0.2) is 16.7 Å². The van der Waals surface area contributed by atoms with Crippen molar-refractivity contribution >= 4 is 27.4 Å². The maximum Gasteiger partial charge on any atom is 0.312 e. The topological polar surface area (TPSA) is 68.5 Å². The molecule has 1 aromatic rings. The summed E-state index contributed by atoms with van der Waals surface area (Å²) in [6.07, 6.45) is 1.59. The van der Waals surface area contributed by atoms with Gasteiger partial charge < -0.3 is 9.64 Å². The fourth-order valence-electron chi connectivity index (χ4n) is 2.41. The summed E-state index contributed by atoms with van der Waals surface area (Å²) in [7, 11) is 0. The third-order valence-corrected chi connectivity index (χ3v) is 3.31. The number of nitrogens with zero attached hydrogens (tertiary/aromatic N) is 3. The standard InChI is InChI=1S/C12H16BrN3O3/c1-8-6-15(7-12(2,3)19-8)11-10(16(17)18)4-9(13)5-14-11/h4-5,8H,6-7H2,1-3H3. The van der Waals surface area contributed by atoms with Crippen LogP contribution in [0.2, 0.25) is 0 Å². The molecule has 7 heteroatoms. The van der Waals surface area contributed by atoms with E-state index in [1.54, 1.807) is 6.20 Å². The number of anilines is 1. The molecule has 6 nitrogen and oxygen atoms in total. The number of halogens is 1. The zero-order valence-electron chi connectivity index (χ0n) is 11.1. The van der Waals surface area contributed by atoms with Gasteiger partial charge in [-0.05, 0) is 36.7 Å². The molecule has 1 atom stereocenters. The van der Waals surface area contributed by atoms with Gasteiger partial charge in [0.05, 0.1) is 16.6 Å². The third kappa shape index (κ3) is 3.22. The molecule has 0 aromatic carbocycles. The van der Waals surface area contributed by atoms with Crippen molar-refractivity contribution in [2.45, 2.75) is 32.5 Å². The Morgan fingerprint density at radius 2 is 2.32 bits per heavy atom.